The minimum Gasteiger partial charge on any atom is -0.351 e. The number of aromatic nitrogens is 4. The van der Waals surface area contributed by atoms with Gasteiger partial charge in [0.1, 0.15) is 11.5 Å². The molecule has 144 valence electrons. The lowest BCUT2D eigenvalue weighted by Crippen LogP contribution is -2.31. The largest absolute Gasteiger partial charge is 0.351 e. The lowest BCUT2D eigenvalue weighted by Gasteiger charge is -2.10. The molecule has 7 nitrogen and oxygen atoms in total. The van der Waals surface area contributed by atoms with Crippen LogP contribution in [0.15, 0.2) is 48.2 Å². The molecule has 0 spiro atoms. The van der Waals surface area contributed by atoms with Gasteiger partial charge in [-0.05, 0) is 39.2 Å². The van der Waals surface area contributed by atoms with Crippen LogP contribution in [0, 0.1) is 6.92 Å². The van der Waals surface area contributed by atoms with Crippen molar-refractivity contribution in [3.05, 3.63) is 59.6 Å². The lowest BCUT2D eigenvalue weighted by molar-refractivity contribution is 0.0953. The molecule has 1 amide bonds. The molecule has 0 atom stereocenters. The van der Waals surface area contributed by atoms with E-state index in [0.29, 0.717) is 12.1 Å². The zero-order valence-corrected chi connectivity index (χ0v) is 16.9. The molecule has 28 heavy (non-hydrogen) atoms. The highest BCUT2D eigenvalue weighted by Crippen LogP contribution is 2.27. The van der Waals surface area contributed by atoms with Crippen molar-refractivity contribution in [3.63, 3.8) is 0 Å². The number of nitrogens with one attached hydrogen (secondary N) is 1. The Balaban J connectivity index is 1.73. The second-order valence-electron chi connectivity index (χ2n) is 6.82. The second-order valence-corrected chi connectivity index (χ2v) is 7.69. The van der Waals surface area contributed by atoms with Crippen molar-refractivity contribution in [3.8, 4) is 16.5 Å². The predicted molar refractivity (Wildman–Crippen MR) is 111 cm³/mol. The van der Waals surface area contributed by atoms with Crippen LogP contribution in [-0.2, 0) is 0 Å². The predicted octanol–water partition coefficient (Wildman–Crippen LogP) is 2.85. The van der Waals surface area contributed by atoms with E-state index in [1.165, 1.54) is 0 Å². The topological polar surface area (TPSA) is 67.5 Å². The molecule has 4 aromatic heterocycles. The van der Waals surface area contributed by atoms with E-state index >= 15 is 0 Å². The molecule has 0 aliphatic carbocycles. The number of hydrogen-bond donors (Lipinski definition) is 1. The standard InChI is InChI=1S/C20H22N6OS/c1-14-23-16(13-26(14)20-22-8-11-28-20)18-12-15(17-6-4-5-9-25(17)18)19(27)21-7-10-24(2)3/h4-6,8-9,11-13H,7,10H2,1-3H3,(H,21,27). The van der Waals surface area contributed by atoms with E-state index in [1.807, 2.05) is 76.9 Å². The fraction of sp³-hybridized carbons (Fsp3) is 0.250. The Kier molecular flexibility index (Phi) is 4.97. The van der Waals surface area contributed by atoms with Gasteiger partial charge in [-0.15, -0.1) is 11.3 Å². The molecule has 0 saturated heterocycles. The Labute approximate surface area is 167 Å². The third kappa shape index (κ3) is 3.44. The van der Waals surface area contributed by atoms with Gasteiger partial charge in [0, 0.05) is 37.1 Å². The van der Waals surface area contributed by atoms with Gasteiger partial charge in [0.15, 0.2) is 5.13 Å². The number of hydrogen-bond acceptors (Lipinski definition) is 5. The average Bonchev–Trinajstić information content (AvgIpc) is 3.39. The number of carbonyl (C=O) groups excluding carboxylic acids is 1. The summed E-state index contributed by atoms with van der Waals surface area (Å²) in [5, 5.41) is 5.81. The summed E-state index contributed by atoms with van der Waals surface area (Å²) in [5.74, 6) is 0.778. The minimum atomic E-state index is -0.0760. The fourth-order valence-corrected chi connectivity index (χ4v) is 3.81. The molecule has 4 aromatic rings. The zero-order chi connectivity index (χ0) is 19.7. The molecule has 0 unspecified atom stereocenters. The Bertz CT molecular complexity index is 1110. The maximum absolute atomic E-state index is 12.8. The Morgan fingerprint density at radius 1 is 1.32 bits per heavy atom. The maximum Gasteiger partial charge on any atom is 0.253 e. The molecule has 4 rings (SSSR count). The molecule has 1 N–H and O–H groups in total. The number of imidazole rings is 1. The van der Waals surface area contributed by atoms with Gasteiger partial charge in [0.25, 0.3) is 5.91 Å². The third-order valence-electron chi connectivity index (χ3n) is 4.54. The number of pyridine rings is 1. The van der Waals surface area contributed by atoms with Crippen LogP contribution in [0.3, 0.4) is 0 Å². The quantitative estimate of drug-likeness (QED) is 0.546. The summed E-state index contributed by atoms with van der Waals surface area (Å²) in [4.78, 5) is 23.9. The number of carbonyl (C=O) groups is 1. The van der Waals surface area contributed by atoms with E-state index in [2.05, 4.69) is 10.3 Å². The summed E-state index contributed by atoms with van der Waals surface area (Å²) < 4.78 is 3.98. The van der Waals surface area contributed by atoms with Crippen LogP contribution in [-0.4, -0.2) is 56.9 Å². The van der Waals surface area contributed by atoms with Crippen LogP contribution in [0.2, 0.25) is 0 Å². The summed E-state index contributed by atoms with van der Waals surface area (Å²) >= 11 is 1.56. The highest BCUT2D eigenvalue weighted by atomic mass is 32.1. The summed E-state index contributed by atoms with van der Waals surface area (Å²) in [6.45, 7) is 3.35. The first kappa shape index (κ1) is 18.4. The highest BCUT2D eigenvalue weighted by molar-refractivity contribution is 7.12. The molecule has 0 bridgehead atoms. The van der Waals surface area contributed by atoms with Crippen LogP contribution in [0.5, 0.6) is 0 Å². The molecule has 4 heterocycles. The normalized spacial score (nSPS) is 11.4. The van der Waals surface area contributed by atoms with Crippen LogP contribution < -0.4 is 5.32 Å². The Morgan fingerprint density at radius 2 is 2.18 bits per heavy atom. The summed E-state index contributed by atoms with van der Waals surface area (Å²) in [6.07, 6.45) is 5.71. The summed E-state index contributed by atoms with van der Waals surface area (Å²) in [5.41, 5.74) is 3.20. The van der Waals surface area contributed by atoms with Crippen molar-refractivity contribution in [1.82, 2.24) is 29.2 Å². The van der Waals surface area contributed by atoms with Crippen molar-refractivity contribution >= 4 is 22.8 Å². The molecule has 0 radical (unpaired) electrons. The Morgan fingerprint density at radius 3 is 2.93 bits per heavy atom. The second kappa shape index (κ2) is 7.57. The van der Waals surface area contributed by atoms with E-state index in [-0.39, 0.29) is 5.91 Å². The number of rotatable bonds is 6. The van der Waals surface area contributed by atoms with Gasteiger partial charge in [0.2, 0.25) is 0 Å². The third-order valence-corrected chi connectivity index (χ3v) is 5.31. The molecular weight excluding hydrogens is 372 g/mol. The van der Waals surface area contributed by atoms with Crippen LogP contribution >= 0.6 is 11.3 Å². The maximum atomic E-state index is 12.8. The molecular formula is C20H22N6OS. The van der Waals surface area contributed by atoms with Crippen molar-refractivity contribution in [2.75, 3.05) is 27.2 Å². The van der Waals surface area contributed by atoms with Crippen molar-refractivity contribution in [2.45, 2.75) is 6.92 Å². The molecule has 0 aliphatic rings. The number of amides is 1. The number of thiazole rings is 1. The van der Waals surface area contributed by atoms with Crippen LogP contribution in [0.25, 0.3) is 22.0 Å². The number of nitrogens with zero attached hydrogens (tertiary/aromatic N) is 5. The molecule has 0 fully saturated rings. The van der Waals surface area contributed by atoms with Gasteiger partial charge in [-0.1, -0.05) is 6.07 Å². The smallest absolute Gasteiger partial charge is 0.253 e. The average molecular weight is 395 g/mol. The molecule has 0 saturated carbocycles. The zero-order valence-electron chi connectivity index (χ0n) is 16.1. The first-order valence-corrected chi connectivity index (χ1v) is 9.92. The van der Waals surface area contributed by atoms with E-state index in [4.69, 9.17) is 4.98 Å². The van der Waals surface area contributed by atoms with Crippen molar-refractivity contribution in [2.24, 2.45) is 0 Å². The molecule has 8 heteroatoms. The van der Waals surface area contributed by atoms with E-state index < -0.39 is 0 Å². The van der Waals surface area contributed by atoms with Crippen LogP contribution in [0.1, 0.15) is 16.2 Å². The molecule has 0 aliphatic heterocycles. The lowest BCUT2D eigenvalue weighted by atomic mass is 10.2. The minimum absolute atomic E-state index is 0.0760. The van der Waals surface area contributed by atoms with Crippen LogP contribution in [0.4, 0.5) is 0 Å². The Hall–Kier alpha value is -2.97. The first-order chi connectivity index (χ1) is 13.5. The van der Waals surface area contributed by atoms with Crippen molar-refractivity contribution < 1.29 is 4.79 Å². The molecule has 0 aromatic carbocycles. The summed E-state index contributed by atoms with van der Waals surface area (Å²) in [6, 6.07) is 7.76. The van der Waals surface area contributed by atoms with E-state index in [0.717, 1.165) is 34.4 Å². The highest BCUT2D eigenvalue weighted by Gasteiger charge is 2.18. The SMILES string of the molecule is Cc1nc(-c2cc(C(=O)NCCN(C)C)c3ccccn23)cn1-c1nccs1. The van der Waals surface area contributed by atoms with E-state index in [9.17, 15) is 4.79 Å². The number of aryl methyl sites for hydroxylation is 1. The van der Waals surface area contributed by atoms with Gasteiger partial charge in [-0.2, -0.15) is 0 Å². The van der Waals surface area contributed by atoms with Gasteiger partial charge in [-0.25, -0.2) is 9.97 Å². The van der Waals surface area contributed by atoms with Gasteiger partial charge in [0.05, 0.1) is 16.8 Å². The van der Waals surface area contributed by atoms with Crippen molar-refractivity contribution in [1.29, 1.82) is 0 Å². The van der Waals surface area contributed by atoms with Gasteiger partial charge in [-0.3, -0.25) is 9.36 Å². The first-order valence-electron chi connectivity index (χ1n) is 9.04. The van der Waals surface area contributed by atoms with Gasteiger partial charge >= 0.3 is 0 Å². The monoisotopic (exact) mass is 394 g/mol. The fourth-order valence-electron chi connectivity index (χ4n) is 3.15. The number of likely N-dealkylation sites (N-methyl/N-ethyl adjacent to an activating group) is 1. The van der Waals surface area contributed by atoms with Gasteiger partial charge < -0.3 is 14.6 Å². The number of fused-ring (bicyclic) bond motifs is 1. The van der Waals surface area contributed by atoms with E-state index in [1.54, 1.807) is 17.5 Å². The summed E-state index contributed by atoms with van der Waals surface area (Å²) in [7, 11) is 3.97.